The number of rotatable bonds is 2. The molecular formula is C18H13N5O3. The van der Waals surface area contributed by atoms with E-state index in [9.17, 15) is 9.59 Å². The SMILES string of the molecule is O=C1OCc2ccc(-c3nccc(-c4cc5n(n4)CCNC5=O)n3)cc21. The van der Waals surface area contributed by atoms with Crippen LogP contribution in [0, 0.1) is 0 Å². The third-order valence-corrected chi connectivity index (χ3v) is 4.49. The van der Waals surface area contributed by atoms with Gasteiger partial charge in [0.25, 0.3) is 5.91 Å². The van der Waals surface area contributed by atoms with Crippen molar-refractivity contribution < 1.29 is 14.3 Å². The van der Waals surface area contributed by atoms with Crippen molar-refractivity contribution in [3.05, 3.63) is 53.3 Å². The highest BCUT2D eigenvalue weighted by atomic mass is 16.5. The molecule has 0 saturated carbocycles. The molecule has 128 valence electrons. The quantitative estimate of drug-likeness (QED) is 0.704. The van der Waals surface area contributed by atoms with Crippen molar-refractivity contribution >= 4 is 11.9 Å². The summed E-state index contributed by atoms with van der Waals surface area (Å²) in [7, 11) is 0. The number of carbonyl (C=O) groups is 2. The lowest BCUT2D eigenvalue weighted by Gasteiger charge is -2.13. The maximum Gasteiger partial charge on any atom is 0.338 e. The van der Waals surface area contributed by atoms with E-state index >= 15 is 0 Å². The average Bonchev–Trinajstić information content (AvgIpc) is 3.27. The number of aromatic nitrogens is 4. The summed E-state index contributed by atoms with van der Waals surface area (Å²) < 4.78 is 6.72. The van der Waals surface area contributed by atoms with E-state index in [1.54, 1.807) is 29.1 Å². The predicted molar refractivity (Wildman–Crippen MR) is 90.1 cm³/mol. The van der Waals surface area contributed by atoms with Crippen LogP contribution in [0.15, 0.2) is 36.5 Å². The molecule has 0 fully saturated rings. The van der Waals surface area contributed by atoms with Crippen LogP contribution >= 0.6 is 0 Å². The smallest absolute Gasteiger partial charge is 0.338 e. The molecule has 4 heterocycles. The maximum atomic E-state index is 11.9. The lowest BCUT2D eigenvalue weighted by Crippen LogP contribution is -2.35. The first kappa shape index (κ1) is 14.8. The standard InChI is InChI=1S/C18H13N5O3/c24-17-15-8-14(22-23(15)6-5-20-17)13-3-4-19-16(21-13)10-1-2-11-9-26-18(25)12(11)7-10/h1-4,7-8H,5-6,9H2,(H,20,24). The molecular weight excluding hydrogens is 334 g/mol. The number of fused-ring (bicyclic) bond motifs is 2. The number of nitrogens with zero attached hydrogens (tertiary/aromatic N) is 4. The van der Waals surface area contributed by atoms with E-state index in [-0.39, 0.29) is 11.9 Å². The molecule has 1 amide bonds. The van der Waals surface area contributed by atoms with Gasteiger partial charge >= 0.3 is 5.97 Å². The molecule has 2 aliphatic rings. The van der Waals surface area contributed by atoms with Crippen molar-refractivity contribution in [3.8, 4) is 22.8 Å². The second kappa shape index (κ2) is 5.48. The van der Waals surface area contributed by atoms with Crippen molar-refractivity contribution in [2.75, 3.05) is 6.54 Å². The van der Waals surface area contributed by atoms with Crippen LogP contribution < -0.4 is 5.32 Å². The Morgan fingerprint density at radius 2 is 2.04 bits per heavy atom. The molecule has 0 bridgehead atoms. The van der Waals surface area contributed by atoms with E-state index in [2.05, 4.69) is 20.4 Å². The lowest BCUT2D eigenvalue weighted by molar-refractivity contribution is 0.0535. The van der Waals surface area contributed by atoms with Crippen molar-refractivity contribution in [1.82, 2.24) is 25.1 Å². The fourth-order valence-electron chi connectivity index (χ4n) is 3.15. The average molecular weight is 347 g/mol. The van der Waals surface area contributed by atoms with E-state index < -0.39 is 0 Å². The van der Waals surface area contributed by atoms with Gasteiger partial charge in [-0.25, -0.2) is 14.8 Å². The molecule has 1 N–H and O–H groups in total. The third-order valence-electron chi connectivity index (χ3n) is 4.49. The van der Waals surface area contributed by atoms with Gasteiger partial charge in [-0.3, -0.25) is 9.48 Å². The van der Waals surface area contributed by atoms with Gasteiger partial charge in [0, 0.05) is 23.9 Å². The Kier molecular flexibility index (Phi) is 3.11. The molecule has 5 rings (SSSR count). The Labute approximate surface area is 147 Å². The molecule has 2 aliphatic heterocycles. The van der Waals surface area contributed by atoms with Gasteiger partial charge in [0.15, 0.2) is 5.82 Å². The number of hydrogen-bond acceptors (Lipinski definition) is 6. The molecule has 0 saturated heterocycles. The van der Waals surface area contributed by atoms with Crippen LogP contribution in [0.4, 0.5) is 0 Å². The maximum absolute atomic E-state index is 11.9. The number of carbonyl (C=O) groups excluding carboxylic acids is 2. The van der Waals surface area contributed by atoms with E-state index in [4.69, 9.17) is 4.74 Å². The molecule has 26 heavy (non-hydrogen) atoms. The summed E-state index contributed by atoms with van der Waals surface area (Å²) >= 11 is 0. The van der Waals surface area contributed by atoms with Crippen LogP contribution in [-0.2, 0) is 17.9 Å². The molecule has 0 aliphatic carbocycles. The lowest BCUT2D eigenvalue weighted by atomic mass is 10.1. The zero-order valence-corrected chi connectivity index (χ0v) is 13.6. The number of cyclic esters (lactones) is 1. The molecule has 0 atom stereocenters. The molecule has 1 aromatic carbocycles. The Balaban J connectivity index is 1.55. The first-order valence-corrected chi connectivity index (χ1v) is 8.19. The summed E-state index contributed by atoms with van der Waals surface area (Å²) in [6, 6.07) is 8.93. The van der Waals surface area contributed by atoms with Crippen LogP contribution in [0.25, 0.3) is 22.8 Å². The zero-order valence-electron chi connectivity index (χ0n) is 13.6. The van der Waals surface area contributed by atoms with Crippen molar-refractivity contribution in [2.45, 2.75) is 13.2 Å². The monoisotopic (exact) mass is 347 g/mol. The summed E-state index contributed by atoms with van der Waals surface area (Å²) in [6.07, 6.45) is 1.64. The number of esters is 1. The molecule has 0 radical (unpaired) electrons. The molecule has 8 nitrogen and oxygen atoms in total. The van der Waals surface area contributed by atoms with Gasteiger partial charge < -0.3 is 10.1 Å². The third kappa shape index (κ3) is 2.26. The number of nitrogens with one attached hydrogen (secondary N) is 1. The minimum Gasteiger partial charge on any atom is -0.457 e. The molecule has 8 heteroatoms. The fraction of sp³-hybridized carbons (Fsp3) is 0.167. The van der Waals surface area contributed by atoms with Crippen LogP contribution in [0.2, 0.25) is 0 Å². The number of amides is 1. The predicted octanol–water partition coefficient (Wildman–Crippen LogP) is 1.42. The van der Waals surface area contributed by atoms with Gasteiger partial charge in [-0.1, -0.05) is 12.1 Å². The normalized spacial score (nSPS) is 15.2. The highest BCUT2D eigenvalue weighted by molar-refractivity contribution is 5.95. The summed E-state index contributed by atoms with van der Waals surface area (Å²) in [4.78, 5) is 32.5. The number of benzene rings is 1. The van der Waals surface area contributed by atoms with Crippen LogP contribution in [0.3, 0.4) is 0 Å². The Bertz CT molecular complexity index is 1070. The molecule has 0 spiro atoms. The first-order chi connectivity index (χ1) is 12.7. The van der Waals surface area contributed by atoms with Gasteiger partial charge in [0.1, 0.15) is 18.0 Å². The molecule has 2 aromatic heterocycles. The Morgan fingerprint density at radius 3 is 2.92 bits per heavy atom. The fourth-order valence-corrected chi connectivity index (χ4v) is 3.15. The summed E-state index contributed by atoms with van der Waals surface area (Å²) in [6.45, 7) is 1.50. The summed E-state index contributed by atoms with van der Waals surface area (Å²) in [5.41, 5.74) is 3.89. The van der Waals surface area contributed by atoms with Gasteiger partial charge in [0.2, 0.25) is 0 Å². The minimum absolute atomic E-state index is 0.138. The van der Waals surface area contributed by atoms with Crippen LogP contribution in [0.1, 0.15) is 26.4 Å². The van der Waals surface area contributed by atoms with Crippen molar-refractivity contribution in [1.29, 1.82) is 0 Å². The van der Waals surface area contributed by atoms with E-state index in [0.29, 0.717) is 48.2 Å². The van der Waals surface area contributed by atoms with Gasteiger partial charge in [-0.15, -0.1) is 0 Å². The summed E-state index contributed by atoms with van der Waals surface area (Å²) in [5, 5.41) is 7.26. The first-order valence-electron chi connectivity index (χ1n) is 8.19. The second-order valence-corrected chi connectivity index (χ2v) is 6.11. The number of hydrogen-bond donors (Lipinski definition) is 1. The largest absolute Gasteiger partial charge is 0.457 e. The number of ether oxygens (including phenoxy) is 1. The van der Waals surface area contributed by atoms with Gasteiger partial charge in [0.05, 0.1) is 17.8 Å². The van der Waals surface area contributed by atoms with Crippen molar-refractivity contribution in [3.63, 3.8) is 0 Å². The van der Waals surface area contributed by atoms with Crippen LogP contribution in [0.5, 0.6) is 0 Å². The zero-order chi connectivity index (χ0) is 17.7. The minimum atomic E-state index is -0.328. The Hall–Kier alpha value is -3.55. The van der Waals surface area contributed by atoms with Gasteiger partial charge in [-0.2, -0.15) is 5.10 Å². The van der Waals surface area contributed by atoms with E-state index in [0.717, 1.165) is 11.1 Å². The van der Waals surface area contributed by atoms with Gasteiger partial charge in [-0.05, 0) is 18.2 Å². The van der Waals surface area contributed by atoms with E-state index in [1.807, 2.05) is 12.1 Å². The highest BCUT2D eigenvalue weighted by Gasteiger charge is 2.23. The second-order valence-electron chi connectivity index (χ2n) is 6.11. The topological polar surface area (TPSA) is 99.0 Å². The van der Waals surface area contributed by atoms with E-state index in [1.165, 1.54) is 0 Å². The molecule has 3 aromatic rings. The highest BCUT2D eigenvalue weighted by Crippen LogP contribution is 2.26. The Morgan fingerprint density at radius 1 is 1.12 bits per heavy atom. The summed E-state index contributed by atoms with van der Waals surface area (Å²) in [5.74, 6) is 0.0210. The van der Waals surface area contributed by atoms with Crippen LogP contribution in [-0.4, -0.2) is 38.2 Å². The molecule has 0 unspecified atom stereocenters. The van der Waals surface area contributed by atoms with Crippen molar-refractivity contribution in [2.24, 2.45) is 0 Å².